The number of ether oxygens (including phenoxy) is 1. The minimum absolute atomic E-state index is 0.0772. The molecule has 0 aliphatic carbocycles. The number of rotatable bonds is 5. The largest absolute Gasteiger partial charge is 0.455 e. The second-order valence-electron chi connectivity index (χ2n) is 5.20. The van der Waals surface area contributed by atoms with Crippen molar-refractivity contribution >= 4 is 5.97 Å². The van der Waals surface area contributed by atoms with Gasteiger partial charge in [0.15, 0.2) is 0 Å². The number of esters is 1. The van der Waals surface area contributed by atoms with Crippen molar-refractivity contribution in [2.75, 3.05) is 0 Å². The number of alkyl halides is 3. The Hall–Kier alpha value is -3.03. The van der Waals surface area contributed by atoms with Crippen molar-refractivity contribution in [1.29, 1.82) is 0 Å². The van der Waals surface area contributed by atoms with Crippen molar-refractivity contribution in [3.63, 3.8) is 0 Å². The topological polar surface area (TPSA) is 57.3 Å². The highest BCUT2D eigenvalue weighted by Crippen LogP contribution is 2.32. The third-order valence-corrected chi connectivity index (χ3v) is 3.42. The Bertz CT molecular complexity index is 854. The number of benzene rings is 1. The SMILES string of the molecule is O=C(OCc1ccccc1C(F)(F)F)c1ccc(Cn2cccn2)o1. The van der Waals surface area contributed by atoms with Crippen LogP contribution in [0.25, 0.3) is 0 Å². The fourth-order valence-electron chi connectivity index (χ4n) is 2.26. The monoisotopic (exact) mass is 350 g/mol. The molecule has 0 radical (unpaired) electrons. The van der Waals surface area contributed by atoms with Gasteiger partial charge >= 0.3 is 12.1 Å². The van der Waals surface area contributed by atoms with Crippen LogP contribution in [0, 0.1) is 0 Å². The van der Waals surface area contributed by atoms with Crippen LogP contribution in [0.5, 0.6) is 0 Å². The lowest BCUT2D eigenvalue weighted by Crippen LogP contribution is -2.11. The number of nitrogens with zero attached hydrogens (tertiary/aromatic N) is 2. The van der Waals surface area contributed by atoms with Crippen molar-refractivity contribution in [3.8, 4) is 0 Å². The van der Waals surface area contributed by atoms with E-state index in [2.05, 4.69) is 5.10 Å². The van der Waals surface area contributed by atoms with Crippen molar-refractivity contribution in [1.82, 2.24) is 9.78 Å². The van der Waals surface area contributed by atoms with Crippen molar-refractivity contribution in [3.05, 3.63) is 77.5 Å². The highest BCUT2D eigenvalue weighted by Gasteiger charge is 2.33. The Balaban J connectivity index is 1.65. The molecule has 0 fully saturated rings. The second-order valence-corrected chi connectivity index (χ2v) is 5.20. The number of aromatic nitrogens is 2. The average Bonchev–Trinajstić information content (AvgIpc) is 3.24. The summed E-state index contributed by atoms with van der Waals surface area (Å²) >= 11 is 0. The summed E-state index contributed by atoms with van der Waals surface area (Å²) in [6.45, 7) is -0.166. The normalized spacial score (nSPS) is 11.5. The van der Waals surface area contributed by atoms with Crippen LogP contribution in [0.15, 0.2) is 59.3 Å². The number of hydrogen-bond acceptors (Lipinski definition) is 4. The fourth-order valence-corrected chi connectivity index (χ4v) is 2.26. The van der Waals surface area contributed by atoms with Crippen molar-refractivity contribution in [2.45, 2.75) is 19.3 Å². The predicted molar refractivity (Wildman–Crippen MR) is 80.6 cm³/mol. The zero-order chi connectivity index (χ0) is 17.9. The molecular weight excluding hydrogens is 337 g/mol. The van der Waals surface area contributed by atoms with Crippen LogP contribution < -0.4 is 0 Å². The molecule has 1 aromatic carbocycles. The highest BCUT2D eigenvalue weighted by atomic mass is 19.4. The third kappa shape index (κ3) is 4.09. The van der Waals surface area contributed by atoms with Gasteiger partial charge in [-0.2, -0.15) is 18.3 Å². The van der Waals surface area contributed by atoms with Gasteiger partial charge in [0.05, 0.1) is 12.1 Å². The minimum Gasteiger partial charge on any atom is -0.455 e. The molecule has 0 aliphatic rings. The summed E-state index contributed by atoms with van der Waals surface area (Å²) in [4.78, 5) is 12.0. The number of hydrogen-bond donors (Lipinski definition) is 0. The van der Waals surface area contributed by atoms with Gasteiger partial charge in [-0.15, -0.1) is 0 Å². The van der Waals surface area contributed by atoms with Gasteiger partial charge in [0, 0.05) is 18.0 Å². The summed E-state index contributed by atoms with van der Waals surface area (Å²) in [6.07, 6.45) is -1.17. The van der Waals surface area contributed by atoms with Crippen LogP contribution >= 0.6 is 0 Å². The first kappa shape index (κ1) is 16.8. The lowest BCUT2D eigenvalue weighted by atomic mass is 10.1. The predicted octanol–water partition coefficient (Wildman–Crippen LogP) is 3.90. The van der Waals surface area contributed by atoms with E-state index >= 15 is 0 Å². The minimum atomic E-state index is -4.51. The third-order valence-electron chi connectivity index (χ3n) is 3.42. The number of furan rings is 1. The summed E-state index contributed by atoms with van der Waals surface area (Å²) in [6, 6.07) is 9.68. The van der Waals surface area contributed by atoms with Crippen LogP contribution in [-0.4, -0.2) is 15.7 Å². The Labute approximate surface area is 140 Å². The standard InChI is InChI=1S/C17H13F3N2O3/c18-17(19,20)14-5-2-1-4-12(14)11-24-16(23)15-7-6-13(25-15)10-22-9-3-8-21-22/h1-9H,10-11H2. The van der Waals surface area contributed by atoms with E-state index in [0.717, 1.165) is 6.07 Å². The summed E-state index contributed by atoms with van der Waals surface area (Å²) in [5.41, 5.74) is -0.951. The molecule has 0 aliphatic heterocycles. The lowest BCUT2D eigenvalue weighted by molar-refractivity contribution is -0.138. The molecule has 2 heterocycles. The maximum Gasteiger partial charge on any atom is 0.416 e. The first-order chi connectivity index (χ1) is 11.9. The summed E-state index contributed by atoms with van der Waals surface area (Å²) < 4.78 is 50.6. The zero-order valence-electron chi connectivity index (χ0n) is 12.9. The van der Waals surface area contributed by atoms with Gasteiger partial charge in [-0.1, -0.05) is 18.2 Å². The molecule has 0 unspecified atom stereocenters. The maximum atomic E-state index is 12.9. The molecule has 0 atom stereocenters. The number of carbonyl (C=O) groups excluding carboxylic acids is 1. The van der Waals surface area contributed by atoms with E-state index in [1.54, 1.807) is 29.2 Å². The van der Waals surface area contributed by atoms with Gasteiger partial charge in [0.2, 0.25) is 5.76 Å². The van der Waals surface area contributed by atoms with E-state index in [1.165, 1.54) is 24.3 Å². The van der Waals surface area contributed by atoms with Gasteiger partial charge in [-0.3, -0.25) is 4.68 Å². The van der Waals surface area contributed by atoms with Crippen molar-refractivity contribution < 1.29 is 27.1 Å². The first-order valence-corrected chi connectivity index (χ1v) is 7.32. The lowest BCUT2D eigenvalue weighted by Gasteiger charge is -2.12. The molecule has 0 spiro atoms. The van der Waals surface area contributed by atoms with E-state index in [9.17, 15) is 18.0 Å². The van der Waals surface area contributed by atoms with Gasteiger partial charge in [0.1, 0.15) is 12.4 Å². The van der Waals surface area contributed by atoms with Crippen LogP contribution in [0.3, 0.4) is 0 Å². The molecule has 130 valence electrons. The van der Waals surface area contributed by atoms with Crippen LogP contribution in [0.1, 0.15) is 27.4 Å². The molecule has 0 N–H and O–H groups in total. The van der Waals surface area contributed by atoms with Gasteiger partial charge < -0.3 is 9.15 Å². The summed E-state index contributed by atoms with van der Waals surface area (Å²) in [5, 5.41) is 4.01. The summed E-state index contributed by atoms with van der Waals surface area (Å²) in [7, 11) is 0. The number of carbonyl (C=O) groups is 1. The van der Waals surface area contributed by atoms with Gasteiger partial charge in [-0.05, 0) is 24.3 Å². The van der Waals surface area contributed by atoms with E-state index in [0.29, 0.717) is 12.3 Å². The molecule has 8 heteroatoms. The second kappa shape index (κ2) is 6.84. The van der Waals surface area contributed by atoms with Crippen LogP contribution in [0.2, 0.25) is 0 Å². The van der Waals surface area contributed by atoms with E-state index in [1.807, 2.05) is 0 Å². The molecule has 2 aromatic heterocycles. The molecule has 3 rings (SSSR count). The Kier molecular flexibility index (Phi) is 4.60. The molecule has 0 bridgehead atoms. The maximum absolute atomic E-state index is 12.9. The molecule has 5 nitrogen and oxygen atoms in total. The Morgan fingerprint density at radius 3 is 2.68 bits per heavy atom. The molecule has 3 aromatic rings. The highest BCUT2D eigenvalue weighted by molar-refractivity contribution is 5.86. The van der Waals surface area contributed by atoms with Crippen molar-refractivity contribution in [2.24, 2.45) is 0 Å². The molecule has 0 saturated carbocycles. The average molecular weight is 350 g/mol. The van der Waals surface area contributed by atoms with E-state index in [4.69, 9.17) is 9.15 Å². The molecular formula is C17H13F3N2O3. The molecule has 0 saturated heterocycles. The van der Waals surface area contributed by atoms with Crippen LogP contribution in [0.4, 0.5) is 13.2 Å². The van der Waals surface area contributed by atoms with E-state index < -0.39 is 24.3 Å². The zero-order valence-corrected chi connectivity index (χ0v) is 12.9. The first-order valence-electron chi connectivity index (χ1n) is 7.32. The van der Waals surface area contributed by atoms with E-state index in [-0.39, 0.29) is 11.3 Å². The Morgan fingerprint density at radius 1 is 1.16 bits per heavy atom. The smallest absolute Gasteiger partial charge is 0.416 e. The quantitative estimate of drug-likeness (QED) is 0.655. The van der Waals surface area contributed by atoms with Gasteiger partial charge in [0.25, 0.3) is 0 Å². The van der Waals surface area contributed by atoms with Crippen LogP contribution in [-0.2, 0) is 24.1 Å². The molecule has 0 amide bonds. The number of halogens is 3. The summed E-state index contributed by atoms with van der Waals surface area (Å²) in [5.74, 6) is -0.429. The molecule has 25 heavy (non-hydrogen) atoms. The van der Waals surface area contributed by atoms with Gasteiger partial charge in [-0.25, -0.2) is 4.79 Å². The Morgan fingerprint density at radius 2 is 1.96 bits per heavy atom. The fraction of sp³-hybridized carbons (Fsp3) is 0.176.